The maximum atomic E-state index is 9.10. The van der Waals surface area contributed by atoms with Crippen molar-refractivity contribution in [2.75, 3.05) is 6.61 Å². The number of thiophene rings is 1. The van der Waals surface area contributed by atoms with E-state index >= 15 is 0 Å². The molecule has 0 atom stereocenters. The van der Waals surface area contributed by atoms with Gasteiger partial charge in [0.05, 0.1) is 29.7 Å². The van der Waals surface area contributed by atoms with E-state index in [2.05, 4.69) is 6.07 Å². The predicted octanol–water partition coefficient (Wildman–Crippen LogP) is 3.28. The standard InChI is InChI=1S/C11H12ClNOS/c1-11(2,6-13)10-9(12)7-5-14-4-3-8(7)15-10/h3-5H2,1-2H3. The average Bonchev–Trinajstić information content (AvgIpc) is 2.58. The molecule has 0 radical (unpaired) electrons. The number of hydrogen-bond acceptors (Lipinski definition) is 3. The number of nitrogens with zero attached hydrogens (tertiary/aromatic N) is 1. The Bertz CT molecular complexity index is 431. The van der Waals surface area contributed by atoms with E-state index in [9.17, 15) is 0 Å². The second kappa shape index (κ2) is 3.79. The monoisotopic (exact) mass is 241 g/mol. The van der Waals surface area contributed by atoms with E-state index in [0.717, 1.165) is 28.5 Å². The van der Waals surface area contributed by atoms with Gasteiger partial charge in [-0.15, -0.1) is 11.3 Å². The quantitative estimate of drug-likeness (QED) is 0.756. The zero-order chi connectivity index (χ0) is 11.1. The molecule has 1 aliphatic heterocycles. The SMILES string of the molecule is CC(C)(C#N)c1sc2c(c1Cl)COCC2. The van der Waals surface area contributed by atoms with E-state index < -0.39 is 5.41 Å². The number of nitriles is 1. The van der Waals surface area contributed by atoms with Crippen molar-refractivity contribution in [2.24, 2.45) is 0 Å². The third-order valence-corrected chi connectivity index (χ3v) is 4.74. The van der Waals surface area contributed by atoms with Crippen LogP contribution in [-0.4, -0.2) is 6.61 Å². The molecule has 0 bridgehead atoms. The molecule has 0 N–H and O–H groups in total. The minimum Gasteiger partial charge on any atom is -0.376 e. The molecule has 1 aliphatic rings. The first-order valence-corrected chi connectivity index (χ1v) is 6.05. The summed E-state index contributed by atoms with van der Waals surface area (Å²) in [5, 5.41) is 9.84. The number of fused-ring (bicyclic) bond motifs is 1. The van der Waals surface area contributed by atoms with Crippen LogP contribution in [0.4, 0.5) is 0 Å². The molecule has 4 heteroatoms. The van der Waals surface area contributed by atoms with Crippen LogP contribution in [0.2, 0.25) is 5.02 Å². The van der Waals surface area contributed by atoms with Crippen molar-refractivity contribution < 1.29 is 4.74 Å². The molecule has 1 aromatic heterocycles. The summed E-state index contributed by atoms with van der Waals surface area (Å²) in [6.07, 6.45) is 0.918. The number of rotatable bonds is 1. The molecule has 1 aromatic rings. The van der Waals surface area contributed by atoms with E-state index in [0.29, 0.717) is 6.61 Å². The summed E-state index contributed by atoms with van der Waals surface area (Å²) >= 11 is 7.94. The Morgan fingerprint density at radius 1 is 1.53 bits per heavy atom. The van der Waals surface area contributed by atoms with Gasteiger partial charge in [-0.2, -0.15) is 5.26 Å². The van der Waals surface area contributed by atoms with Gasteiger partial charge in [0.2, 0.25) is 0 Å². The van der Waals surface area contributed by atoms with Crippen LogP contribution in [0.5, 0.6) is 0 Å². The minimum atomic E-state index is -0.501. The van der Waals surface area contributed by atoms with Gasteiger partial charge in [0.15, 0.2) is 0 Å². The molecule has 0 spiro atoms. The lowest BCUT2D eigenvalue weighted by atomic mass is 9.93. The largest absolute Gasteiger partial charge is 0.376 e. The summed E-state index contributed by atoms with van der Waals surface area (Å²) in [5.41, 5.74) is 0.588. The van der Waals surface area contributed by atoms with Gasteiger partial charge in [-0.05, 0) is 13.8 Å². The smallest absolute Gasteiger partial charge is 0.0873 e. The highest BCUT2D eigenvalue weighted by Gasteiger charge is 2.29. The molecule has 0 aliphatic carbocycles. The van der Waals surface area contributed by atoms with Gasteiger partial charge in [0, 0.05) is 21.7 Å². The lowest BCUT2D eigenvalue weighted by molar-refractivity contribution is 0.112. The topological polar surface area (TPSA) is 33.0 Å². The van der Waals surface area contributed by atoms with Gasteiger partial charge in [-0.25, -0.2) is 0 Å². The van der Waals surface area contributed by atoms with Crippen molar-refractivity contribution in [1.82, 2.24) is 0 Å². The fraction of sp³-hybridized carbons (Fsp3) is 0.545. The first-order chi connectivity index (χ1) is 7.06. The predicted molar refractivity (Wildman–Crippen MR) is 61.3 cm³/mol. The van der Waals surface area contributed by atoms with Crippen LogP contribution in [-0.2, 0) is 23.2 Å². The van der Waals surface area contributed by atoms with Crippen LogP contribution in [0, 0.1) is 11.3 Å². The van der Waals surface area contributed by atoms with E-state index in [1.54, 1.807) is 11.3 Å². The summed E-state index contributed by atoms with van der Waals surface area (Å²) in [5.74, 6) is 0. The summed E-state index contributed by atoms with van der Waals surface area (Å²) in [6.45, 7) is 5.15. The van der Waals surface area contributed by atoms with Gasteiger partial charge in [0.25, 0.3) is 0 Å². The van der Waals surface area contributed by atoms with Gasteiger partial charge in [-0.1, -0.05) is 11.6 Å². The van der Waals surface area contributed by atoms with Crippen LogP contribution in [0.3, 0.4) is 0 Å². The fourth-order valence-corrected chi connectivity index (χ4v) is 3.43. The zero-order valence-electron chi connectivity index (χ0n) is 8.76. The molecule has 0 saturated heterocycles. The summed E-state index contributed by atoms with van der Waals surface area (Å²) < 4.78 is 5.38. The first kappa shape index (κ1) is 10.9. The fourth-order valence-electron chi connectivity index (χ4n) is 1.63. The molecular weight excluding hydrogens is 230 g/mol. The summed E-state index contributed by atoms with van der Waals surface area (Å²) in [4.78, 5) is 2.26. The van der Waals surface area contributed by atoms with Crippen molar-refractivity contribution in [3.8, 4) is 6.07 Å². The molecule has 0 fully saturated rings. The van der Waals surface area contributed by atoms with Crippen molar-refractivity contribution in [3.05, 3.63) is 20.3 Å². The second-order valence-electron chi connectivity index (χ2n) is 4.19. The molecule has 0 saturated carbocycles. The molecule has 2 rings (SSSR count). The average molecular weight is 242 g/mol. The molecular formula is C11H12ClNOS. The van der Waals surface area contributed by atoms with Crippen LogP contribution in [0.1, 0.15) is 29.2 Å². The molecule has 0 aromatic carbocycles. The maximum Gasteiger partial charge on any atom is 0.0873 e. The second-order valence-corrected chi connectivity index (χ2v) is 5.67. The van der Waals surface area contributed by atoms with Gasteiger partial charge >= 0.3 is 0 Å². The molecule has 80 valence electrons. The van der Waals surface area contributed by atoms with Crippen molar-refractivity contribution in [1.29, 1.82) is 5.26 Å². The van der Waals surface area contributed by atoms with Gasteiger partial charge < -0.3 is 4.74 Å². The van der Waals surface area contributed by atoms with E-state index in [1.807, 2.05) is 13.8 Å². The highest BCUT2D eigenvalue weighted by atomic mass is 35.5. The lowest BCUT2D eigenvalue weighted by Crippen LogP contribution is -2.12. The Labute approximate surface area is 98.4 Å². The third-order valence-electron chi connectivity index (χ3n) is 2.59. The lowest BCUT2D eigenvalue weighted by Gasteiger charge is -2.13. The molecule has 15 heavy (non-hydrogen) atoms. The van der Waals surface area contributed by atoms with Crippen LogP contribution in [0.25, 0.3) is 0 Å². The van der Waals surface area contributed by atoms with E-state index in [4.69, 9.17) is 21.6 Å². The number of ether oxygens (including phenoxy) is 1. The maximum absolute atomic E-state index is 9.10. The highest BCUT2D eigenvalue weighted by molar-refractivity contribution is 7.13. The molecule has 0 unspecified atom stereocenters. The Balaban J connectivity index is 2.52. The highest BCUT2D eigenvalue weighted by Crippen LogP contribution is 2.42. The van der Waals surface area contributed by atoms with Gasteiger partial charge in [-0.3, -0.25) is 0 Å². The summed E-state index contributed by atoms with van der Waals surface area (Å²) in [6, 6.07) is 2.29. The Morgan fingerprint density at radius 3 is 2.87 bits per heavy atom. The van der Waals surface area contributed by atoms with E-state index in [-0.39, 0.29) is 0 Å². The third kappa shape index (κ3) is 1.78. The van der Waals surface area contributed by atoms with Crippen molar-refractivity contribution >= 4 is 22.9 Å². The van der Waals surface area contributed by atoms with Crippen LogP contribution >= 0.6 is 22.9 Å². The molecule has 2 heterocycles. The van der Waals surface area contributed by atoms with Crippen molar-refractivity contribution in [2.45, 2.75) is 32.3 Å². The number of hydrogen-bond donors (Lipinski definition) is 0. The first-order valence-electron chi connectivity index (χ1n) is 4.86. The molecule has 0 amide bonds. The minimum absolute atomic E-state index is 0.501. The molecule has 2 nitrogen and oxygen atoms in total. The van der Waals surface area contributed by atoms with Gasteiger partial charge in [0.1, 0.15) is 0 Å². The Morgan fingerprint density at radius 2 is 2.27 bits per heavy atom. The Kier molecular flexibility index (Phi) is 2.76. The Hall–Kier alpha value is -0.560. The summed E-state index contributed by atoms with van der Waals surface area (Å²) in [7, 11) is 0. The number of halogens is 1. The van der Waals surface area contributed by atoms with Crippen LogP contribution in [0.15, 0.2) is 0 Å². The zero-order valence-corrected chi connectivity index (χ0v) is 10.3. The van der Waals surface area contributed by atoms with Crippen molar-refractivity contribution in [3.63, 3.8) is 0 Å². The van der Waals surface area contributed by atoms with E-state index in [1.165, 1.54) is 4.88 Å². The normalized spacial score (nSPS) is 15.9. The van der Waals surface area contributed by atoms with Crippen LogP contribution < -0.4 is 0 Å².